The number of nitrogens with zero attached hydrogens (tertiary/aromatic N) is 2. The molecule has 1 aliphatic heterocycles. The molecule has 2 aromatic heterocycles. The second-order valence-corrected chi connectivity index (χ2v) is 7.69. The van der Waals surface area contributed by atoms with Gasteiger partial charge < -0.3 is 25.3 Å². The van der Waals surface area contributed by atoms with Gasteiger partial charge in [-0.15, -0.1) is 0 Å². The molecule has 0 radical (unpaired) electrons. The summed E-state index contributed by atoms with van der Waals surface area (Å²) in [5.41, 5.74) is 1.08. The summed E-state index contributed by atoms with van der Waals surface area (Å²) in [4.78, 5) is 21.6. The SMILES string of the molecule is C[C@H]1CN(c2ncc(NC(=O)Nc3c[nH]c4cc(F)c(F)cc34)cc2Cl)C[C@H](C)O1. The van der Waals surface area contributed by atoms with Gasteiger partial charge in [-0.3, -0.25) is 0 Å². The van der Waals surface area contributed by atoms with Crippen LogP contribution in [0.4, 0.5) is 30.8 Å². The number of morpholine rings is 1. The number of benzene rings is 1. The van der Waals surface area contributed by atoms with E-state index in [1.165, 1.54) is 12.4 Å². The molecule has 3 heterocycles. The fourth-order valence-corrected chi connectivity index (χ4v) is 3.87. The van der Waals surface area contributed by atoms with Crippen LogP contribution in [-0.4, -0.2) is 41.3 Å². The van der Waals surface area contributed by atoms with Gasteiger partial charge in [0.1, 0.15) is 5.82 Å². The Morgan fingerprint density at radius 2 is 1.90 bits per heavy atom. The summed E-state index contributed by atoms with van der Waals surface area (Å²) in [7, 11) is 0. The van der Waals surface area contributed by atoms with Gasteiger partial charge in [-0.05, 0) is 26.0 Å². The highest BCUT2D eigenvalue weighted by Crippen LogP contribution is 2.29. The molecule has 0 aliphatic carbocycles. The zero-order chi connectivity index (χ0) is 21.4. The number of carbonyl (C=O) groups excluding carboxylic acids is 1. The van der Waals surface area contributed by atoms with E-state index < -0.39 is 17.7 Å². The highest BCUT2D eigenvalue weighted by Gasteiger charge is 2.25. The number of urea groups is 1. The fourth-order valence-electron chi connectivity index (χ4n) is 3.59. The second-order valence-electron chi connectivity index (χ2n) is 7.29. The number of ether oxygens (including phenoxy) is 1. The third kappa shape index (κ3) is 4.17. The number of aromatic nitrogens is 2. The largest absolute Gasteiger partial charge is 0.372 e. The van der Waals surface area contributed by atoms with Gasteiger partial charge in [0.25, 0.3) is 0 Å². The van der Waals surface area contributed by atoms with Crippen LogP contribution in [0.15, 0.2) is 30.6 Å². The Hall–Kier alpha value is -2.91. The van der Waals surface area contributed by atoms with Crippen LogP contribution in [0.1, 0.15) is 13.8 Å². The molecule has 0 spiro atoms. The number of pyridine rings is 1. The minimum Gasteiger partial charge on any atom is -0.372 e. The van der Waals surface area contributed by atoms with Crippen molar-refractivity contribution in [2.45, 2.75) is 26.1 Å². The monoisotopic (exact) mass is 435 g/mol. The number of aromatic amines is 1. The van der Waals surface area contributed by atoms with Gasteiger partial charge in [0.05, 0.1) is 40.3 Å². The van der Waals surface area contributed by atoms with Gasteiger partial charge in [0.15, 0.2) is 11.6 Å². The maximum absolute atomic E-state index is 13.5. The van der Waals surface area contributed by atoms with Crippen molar-refractivity contribution in [3.05, 3.63) is 47.2 Å². The predicted molar refractivity (Wildman–Crippen MR) is 112 cm³/mol. The number of H-pyrrole nitrogens is 1. The first-order valence-electron chi connectivity index (χ1n) is 9.40. The zero-order valence-electron chi connectivity index (χ0n) is 16.3. The lowest BCUT2D eigenvalue weighted by Gasteiger charge is -2.36. The molecule has 10 heteroatoms. The van der Waals surface area contributed by atoms with E-state index in [9.17, 15) is 13.6 Å². The molecule has 7 nitrogen and oxygen atoms in total. The van der Waals surface area contributed by atoms with Crippen molar-refractivity contribution in [3.63, 3.8) is 0 Å². The standard InChI is InChI=1S/C20H20ClF2N5O2/c1-10-8-28(9-11(2)30-10)19-14(21)3-12(6-25-19)26-20(29)27-18-7-24-17-5-16(23)15(22)4-13(17)18/h3-7,10-11,24H,8-9H2,1-2H3,(H2,26,27,29)/t10-,11-/m0/s1. The number of amides is 2. The molecule has 0 bridgehead atoms. The van der Waals surface area contributed by atoms with E-state index in [-0.39, 0.29) is 12.2 Å². The Balaban J connectivity index is 1.46. The number of hydrogen-bond donors (Lipinski definition) is 3. The van der Waals surface area contributed by atoms with Gasteiger partial charge in [-0.1, -0.05) is 11.6 Å². The topological polar surface area (TPSA) is 82.3 Å². The summed E-state index contributed by atoms with van der Waals surface area (Å²) < 4.78 is 32.6. The fraction of sp³-hybridized carbons (Fsp3) is 0.300. The number of nitrogens with one attached hydrogen (secondary N) is 3. The van der Waals surface area contributed by atoms with Crippen molar-refractivity contribution in [2.24, 2.45) is 0 Å². The van der Waals surface area contributed by atoms with Crippen molar-refractivity contribution >= 4 is 45.7 Å². The number of halogens is 3. The Morgan fingerprint density at radius 3 is 2.60 bits per heavy atom. The number of fused-ring (bicyclic) bond motifs is 1. The zero-order valence-corrected chi connectivity index (χ0v) is 17.1. The smallest absolute Gasteiger partial charge is 0.323 e. The Morgan fingerprint density at radius 1 is 1.20 bits per heavy atom. The molecular formula is C20H20ClF2N5O2. The molecule has 30 heavy (non-hydrogen) atoms. The van der Waals surface area contributed by atoms with Crippen LogP contribution in [-0.2, 0) is 4.74 Å². The van der Waals surface area contributed by atoms with Crippen LogP contribution in [0.3, 0.4) is 0 Å². The number of hydrogen-bond acceptors (Lipinski definition) is 4. The third-order valence-electron chi connectivity index (χ3n) is 4.77. The van der Waals surface area contributed by atoms with Gasteiger partial charge in [-0.2, -0.15) is 0 Å². The first-order chi connectivity index (χ1) is 14.3. The van der Waals surface area contributed by atoms with Crippen molar-refractivity contribution in [2.75, 3.05) is 28.6 Å². The predicted octanol–water partition coefficient (Wildman–Crippen LogP) is 4.75. The lowest BCUT2D eigenvalue weighted by atomic mass is 10.2. The van der Waals surface area contributed by atoms with Crippen molar-refractivity contribution in [3.8, 4) is 0 Å². The van der Waals surface area contributed by atoms with E-state index in [0.29, 0.717) is 46.2 Å². The van der Waals surface area contributed by atoms with Gasteiger partial charge in [0, 0.05) is 30.7 Å². The molecule has 1 saturated heterocycles. The van der Waals surface area contributed by atoms with Crippen LogP contribution >= 0.6 is 11.6 Å². The first kappa shape index (κ1) is 20.4. The molecule has 1 aromatic carbocycles. The molecule has 3 N–H and O–H groups in total. The van der Waals surface area contributed by atoms with E-state index in [1.807, 2.05) is 18.7 Å². The summed E-state index contributed by atoms with van der Waals surface area (Å²) in [6, 6.07) is 3.09. The lowest BCUT2D eigenvalue weighted by molar-refractivity contribution is -0.00544. The summed E-state index contributed by atoms with van der Waals surface area (Å²) in [6.45, 7) is 5.31. The Bertz CT molecular complexity index is 1100. The molecule has 0 saturated carbocycles. The summed E-state index contributed by atoms with van der Waals surface area (Å²) in [5.74, 6) is -1.34. The van der Waals surface area contributed by atoms with Crippen LogP contribution in [0, 0.1) is 11.6 Å². The molecule has 0 unspecified atom stereocenters. The molecule has 2 amide bonds. The van der Waals surface area contributed by atoms with Crippen LogP contribution in [0.2, 0.25) is 5.02 Å². The minimum absolute atomic E-state index is 0.0599. The molecule has 1 fully saturated rings. The first-order valence-corrected chi connectivity index (χ1v) is 9.78. The normalized spacial score (nSPS) is 19.2. The van der Waals surface area contributed by atoms with Crippen molar-refractivity contribution in [1.29, 1.82) is 0 Å². The number of rotatable bonds is 3. The molecule has 2 atom stereocenters. The van der Waals surface area contributed by atoms with E-state index in [2.05, 4.69) is 20.6 Å². The number of anilines is 3. The average molecular weight is 436 g/mol. The van der Waals surface area contributed by atoms with Crippen LogP contribution < -0.4 is 15.5 Å². The molecule has 3 aromatic rings. The maximum Gasteiger partial charge on any atom is 0.323 e. The Kier molecular flexibility index (Phi) is 5.48. The van der Waals surface area contributed by atoms with Gasteiger partial charge in [-0.25, -0.2) is 18.6 Å². The highest BCUT2D eigenvalue weighted by atomic mass is 35.5. The highest BCUT2D eigenvalue weighted by molar-refractivity contribution is 6.33. The maximum atomic E-state index is 13.5. The summed E-state index contributed by atoms with van der Waals surface area (Å²) in [5, 5.41) is 5.99. The van der Waals surface area contributed by atoms with E-state index in [1.54, 1.807) is 6.07 Å². The van der Waals surface area contributed by atoms with Gasteiger partial charge in [0.2, 0.25) is 0 Å². The van der Waals surface area contributed by atoms with E-state index in [4.69, 9.17) is 16.3 Å². The van der Waals surface area contributed by atoms with Crippen molar-refractivity contribution < 1.29 is 18.3 Å². The molecule has 158 valence electrons. The quantitative estimate of drug-likeness (QED) is 0.554. The minimum atomic E-state index is -0.996. The van der Waals surface area contributed by atoms with Crippen LogP contribution in [0.25, 0.3) is 10.9 Å². The lowest BCUT2D eigenvalue weighted by Crippen LogP contribution is -2.46. The second kappa shape index (κ2) is 8.08. The van der Waals surface area contributed by atoms with E-state index in [0.717, 1.165) is 12.1 Å². The third-order valence-corrected chi connectivity index (χ3v) is 5.05. The molecule has 4 rings (SSSR count). The van der Waals surface area contributed by atoms with Crippen molar-refractivity contribution in [1.82, 2.24) is 9.97 Å². The summed E-state index contributed by atoms with van der Waals surface area (Å²) in [6.07, 6.45) is 3.09. The van der Waals surface area contributed by atoms with E-state index >= 15 is 0 Å². The Labute approximate surface area is 176 Å². The molecular weight excluding hydrogens is 416 g/mol. The average Bonchev–Trinajstić information content (AvgIpc) is 3.02. The molecule has 1 aliphatic rings. The summed E-state index contributed by atoms with van der Waals surface area (Å²) >= 11 is 6.40. The van der Waals surface area contributed by atoms with Gasteiger partial charge >= 0.3 is 6.03 Å². The van der Waals surface area contributed by atoms with Crippen LogP contribution in [0.5, 0.6) is 0 Å². The number of carbonyl (C=O) groups is 1.